The Morgan fingerprint density at radius 3 is 1.97 bits per heavy atom. The lowest BCUT2D eigenvalue weighted by Crippen LogP contribution is -2.22. The first-order valence-electron chi connectivity index (χ1n) is 10.2. The Morgan fingerprint density at radius 1 is 0.667 bits per heavy atom. The smallest absolute Gasteiger partial charge is 0.207 e. The van der Waals surface area contributed by atoms with E-state index in [0.717, 1.165) is 36.3 Å². The Balaban J connectivity index is 1.95. The van der Waals surface area contributed by atoms with Crippen LogP contribution in [-0.4, -0.2) is 53.6 Å². The van der Waals surface area contributed by atoms with Crippen LogP contribution in [0.4, 0.5) is 0 Å². The molecule has 0 unspecified atom stereocenters. The van der Waals surface area contributed by atoms with Crippen LogP contribution in [0, 0.1) is 0 Å². The number of benzene rings is 4. The highest BCUT2D eigenvalue weighted by Gasteiger charge is 2.24. The molecule has 1 aromatic heterocycles. The zero-order chi connectivity index (χ0) is 23.7. The van der Waals surface area contributed by atoms with E-state index in [1.165, 1.54) is 48.1 Å². The number of hydrogen-bond donors (Lipinski definition) is 0. The van der Waals surface area contributed by atoms with Gasteiger partial charge in [0.1, 0.15) is 0 Å². The lowest BCUT2D eigenvalue weighted by atomic mass is 10.0. The molecule has 0 aliphatic heterocycles. The molecule has 0 atom stereocenters. The van der Waals surface area contributed by atoms with Crippen molar-refractivity contribution in [1.82, 2.24) is 8.61 Å². The summed E-state index contributed by atoms with van der Waals surface area (Å²) < 4.78 is 55.9. The van der Waals surface area contributed by atoms with Gasteiger partial charge >= 0.3 is 0 Å². The first-order valence-corrected chi connectivity index (χ1v) is 13.9. The minimum absolute atomic E-state index is 0.227. The molecule has 33 heavy (non-hydrogen) atoms. The van der Waals surface area contributed by atoms with Gasteiger partial charge in [0.25, 0.3) is 0 Å². The van der Waals surface area contributed by atoms with Gasteiger partial charge in [-0.05, 0) is 29.0 Å². The molecule has 5 rings (SSSR count). The fourth-order valence-electron chi connectivity index (χ4n) is 4.15. The topological polar surface area (TPSA) is 74.8 Å². The standard InChI is InChI=1S/C24H22N2O4S3/c1-25(2)32(27,28)16-11-9-15-10-12-19-23-18-8-6-5-7-17(18)22(33(29,30)26(3)4)14-21(23)31-24(19)20(15)13-16/h5-14H,1-4H3. The molecule has 9 heteroatoms. The second-order valence-electron chi connectivity index (χ2n) is 8.30. The van der Waals surface area contributed by atoms with Crippen LogP contribution < -0.4 is 0 Å². The van der Waals surface area contributed by atoms with Gasteiger partial charge in [0, 0.05) is 59.1 Å². The predicted octanol–water partition coefficient (Wildman–Crippen LogP) is 4.86. The minimum Gasteiger partial charge on any atom is -0.207 e. The molecule has 5 aromatic rings. The van der Waals surface area contributed by atoms with Crippen molar-refractivity contribution in [2.45, 2.75) is 9.79 Å². The number of hydrogen-bond acceptors (Lipinski definition) is 5. The van der Waals surface area contributed by atoms with Crippen LogP contribution >= 0.6 is 11.3 Å². The largest absolute Gasteiger partial charge is 0.243 e. The molecule has 0 fully saturated rings. The van der Waals surface area contributed by atoms with E-state index in [1.54, 1.807) is 18.2 Å². The Bertz CT molecular complexity index is 1800. The lowest BCUT2D eigenvalue weighted by Gasteiger charge is -2.14. The fraction of sp³-hybridized carbons (Fsp3) is 0.167. The van der Waals surface area contributed by atoms with Crippen LogP contribution in [0.15, 0.2) is 70.5 Å². The normalized spacial score (nSPS) is 13.3. The number of nitrogens with zero attached hydrogens (tertiary/aromatic N) is 2. The third-order valence-electron chi connectivity index (χ3n) is 5.93. The van der Waals surface area contributed by atoms with E-state index in [9.17, 15) is 16.8 Å². The average molecular weight is 499 g/mol. The summed E-state index contributed by atoms with van der Waals surface area (Å²) in [5.41, 5.74) is 0. The van der Waals surface area contributed by atoms with E-state index in [0.29, 0.717) is 5.39 Å². The SMILES string of the molecule is CN(C)S(=O)(=O)c1ccc2ccc3c(sc4cc(S(=O)(=O)N(C)C)c5ccccc5c43)c2c1. The quantitative estimate of drug-likeness (QED) is 0.355. The summed E-state index contributed by atoms with van der Waals surface area (Å²) in [7, 11) is -1.16. The second-order valence-corrected chi connectivity index (χ2v) is 13.6. The van der Waals surface area contributed by atoms with Gasteiger partial charge in [-0.15, -0.1) is 11.3 Å². The summed E-state index contributed by atoms with van der Waals surface area (Å²) in [6.07, 6.45) is 0. The van der Waals surface area contributed by atoms with Crippen LogP contribution in [0.5, 0.6) is 0 Å². The van der Waals surface area contributed by atoms with E-state index in [2.05, 4.69) is 0 Å². The lowest BCUT2D eigenvalue weighted by molar-refractivity contribution is 0.520. The summed E-state index contributed by atoms with van der Waals surface area (Å²) in [5, 5.41) is 5.24. The van der Waals surface area contributed by atoms with Crippen molar-refractivity contribution in [3.05, 3.63) is 60.7 Å². The molecule has 0 bridgehead atoms. The summed E-state index contributed by atoms with van der Waals surface area (Å²) in [4.78, 5) is 0.494. The number of rotatable bonds is 4. The Kier molecular flexibility index (Phi) is 5.04. The van der Waals surface area contributed by atoms with E-state index in [4.69, 9.17) is 0 Å². The van der Waals surface area contributed by atoms with E-state index < -0.39 is 20.0 Å². The van der Waals surface area contributed by atoms with Crippen molar-refractivity contribution in [3.8, 4) is 0 Å². The third-order valence-corrected chi connectivity index (χ3v) is 10.8. The molecule has 0 amide bonds. The van der Waals surface area contributed by atoms with Gasteiger partial charge in [-0.3, -0.25) is 0 Å². The van der Waals surface area contributed by atoms with Crippen LogP contribution in [0.1, 0.15) is 0 Å². The molecular weight excluding hydrogens is 476 g/mol. The molecule has 0 saturated carbocycles. The van der Waals surface area contributed by atoms with E-state index >= 15 is 0 Å². The van der Waals surface area contributed by atoms with Gasteiger partial charge in [-0.25, -0.2) is 25.4 Å². The molecule has 4 aromatic carbocycles. The highest BCUT2D eigenvalue weighted by Crippen LogP contribution is 2.44. The molecule has 6 nitrogen and oxygen atoms in total. The summed E-state index contributed by atoms with van der Waals surface area (Å²) in [6.45, 7) is 0. The van der Waals surface area contributed by atoms with Crippen molar-refractivity contribution < 1.29 is 16.8 Å². The minimum atomic E-state index is -3.66. The number of thiophene rings is 1. The fourth-order valence-corrected chi connectivity index (χ4v) is 7.55. The molecular formula is C24H22N2O4S3. The van der Waals surface area contributed by atoms with Crippen LogP contribution in [0.25, 0.3) is 41.7 Å². The molecule has 0 aliphatic carbocycles. The highest BCUT2D eigenvalue weighted by atomic mass is 32.2. The van der Waals surface area contributed by atoms with Crippen molar-refractivity contribution in [2.24, 2.45) is 0 Å². The van der Waals surface area contributed by atoms with Crippen molar-refractivity contribution >= 4 is 73.1 Å². The molecule has 1 heterocycles. The van der Waals surface area contributed by atoms with Gasteiger partial charge in [0.2, 0.25) is 20.0 Å². The molecule has 0 radical (unpaired) electrons. The molecule has 0 saturated heterocycles. The zero-order valence-electron chi connectivity index (χ0n) is 18.5. The van der Waals surface area contributed by atoms with Gasteiger partial charge in [0.15, 0.2) is 0 Å². The van der Waals surface area contributed by atoms with E-state index in [-0.39, 0.29) is 9.79 Å². The van der Waals surface area contributed by atoms with Gasteiger partial charge in [0.05, 0.1) is 9.79 Å². The summed E-state index contributed by atoms with van der Waals surface area (Å²) >= 11 is 1.48. The van der Waals surface area contributed by atoms with Gasteiger partial charge in [-0.1, -0.05) is 42.5 Å². The number of sulfonamides is 2. The summed E-state index contributed by atoms with van der Waals surface area (Å²) in [6, 6.07) is 18.4. The van der Waals surface area contributed by atoms with E-state index in [1.807, 2.05) is 42.5 Å². The molecule has 0 aliphatic rings. The van der Waals surface area contributed by atoms with Crippen LogP contribution in [0.2, 0.25) is 0 Å². The van der Waals surface area contributed by atoms with Crippen molar-refractivity contribution in [2.75, 3.05) is 28.2 Å². The van der Waals surface area contributed by atoms with Gasteiger partial charge < -0.3 is 0 Å². The second kappa shape index (κ2) is 7.48. The van der Waals surface area contributed by atoms with Crippen LogP contribution in [0.3, 0.4) is 0 Å². The monoisotopic (exact) mass is 498 g/mol. The molecule has 0 N–H and O–H groups in total. The Hall–Kier alpha value is -2.56. The number of fused-ring (bicyclic) bond motifs is 7. The highest BCUT2D eigenvalue weighted by molar-refractivity contribution is 7.89. The maximum Gasteiger partial charge on any atom is 0.243 e. The molecule has 170 valence electrons. The van der Waals surface area contributed by atoms with Gasteiger partial charge in [-0.2, -0.15) is 0 Å². The first kappa shape index (κ1) is 22.2. The zero-order valence-corrected chi connectivity index (χ0v) is 21.0. The maximum absolute atomic E-state index is 13.1. The summed E-state index contributed by atoms with van der Waals surface area (Å²) in [5.74, 6) is 0. The van der Waals surface area contributed by atoms with Crippen LogP contribution in [-0.2, 0) is 20.0 Å². The average Bonchev–Trinajstić information content (AvgIpc) is 3.17. The van der Waals surface area contributed by atoms with Crippen molar-refractivity contribution in [3.63, 3.8) is 0 Å². The Labute approximate surface area is 196 Å². The first-order chi connectivity index (χ1) is 15.5. The van der Waals surface area contributed by atoms with Crippen molar-refractivity contribution in [1.29, 1.82) is 0 Å². The predicted molar refractivity (Wildman–Crippen MR) is 136 cm³/mol. The Morgan fingerprint density at radius 2 is 1.30 bits per heavy atom. The molecule has 0 spiro atoms. The maximum atomic E-state index is 13.1. The third kappa shape index (κ3) is 3.26.